The van der Waals surface area contributed by atoms with Gasteiger partial charge >= 0.3 is 23.9 Å². The van der Waals surface area contributed by atoms with E-state index in [2.05, 4.69) is 10.3 Å². The standard InChI is InChI=1S/C20H29N3O9/c1-6-7-8-15-9-23(22-21-15)17-16(10-28-11(2)24)32-20(31-14(5)27)19(30-13(4)26)18(17)29-12(3)25/h9,16-20H,6-8,10H2,1-5H3/t16-,17-,18+,19-,20?/m1/s1. The number of hydrogen-bond acceptors (Lipinski definition) is 11. The molecule has 2 rings (SSSR count). The summed E-state index contributed by atoms with van der Waals surface area (Å²) in [7, 11) is 0. The van der Waals surface area contributed by atoms with Gasteiger partial charge in [-0.25, -0.2) is 4.68 Å². The number of carbonyl (C=O) groups is 4. The van der Waals surface area contributed by atoms with Crippen molar-refractivity contribution >= 4 is 23.9 Å². The van der Waals surface area contributed by atoms with E-state index in [1.807, 2.05) is 6.92 Å². The average Bonchev–Trinajstić information content (AvgIpc) is 3.14. The summed E-state index contributed by atoms with van der Waals surface area (Å²) in [4.78, 5) is 46.8. The van der Waals surface area contributed by atoms with E-state index in [0.29, 0.717) is 12.1 Å². The zero-order valence-electron chi connectivity index (χ0n) is 18.8. The second-order valence-electron chi connectivity index (χ2n) is 7.39. The molecule has 2 heterocycles. The molecule has 1 aliphatic heterocycles. The summed E-state index contributed by atoms with van der Waals surface area (Å²) in [6, 6.07) is -0.891. The van der Waals surface area contributed by atoms with Crippen LogP contribution in [-0.4, -0.2) is 70.1 Å². The minimum Gasteiger partial charge on any atom is -0.463 e. The zero-order chi connectivity index (χ0) is 23.8. The van der Waals surface area contributed by atoms with E-state index in [0.717, 1.165) is 26.7 Å². The van der Waals surface area contributed by atoms with Crippen molar-refractivity contribution in [3.8, 4) is 0 Å². The van der Waals surface area contributed by atoms with Crippen molar-refractivity contribution < 1.29 is 42.9 Å². The van der Waals surface area contributed by atoms with Crippen molar-refractivity contribution in [1.82, 2.24) is 15.0 Å². The van der Waals surface area contributed by atoms with Gasteiger partial charge in [-0.05, 0) is 12.8 Å². The van der Waals surface area contributed by atoms with Crippen molar-refractivity contribution in [3.63, 3.8) is 0 Å². The van der Waals surface area contributed by atoms with Gasteiger partial charge in [0, 0.05) is 33.9 Å². The van der Waals surface area contributed by atoms with Crippen LogP contribution in [-0.2, 0) is 49.3 Å². The highest BCUT2D eigenvalue weighted by molar-refractivity contribution is 5.68. The fourth-order valence-corrected chi connectivity index (χ4v) is 3.38. The van der Waals surface area contributed by atoms with Crippen LogP contribution in [0.15, 0.2) is 6.20 Å². The Morgan fingerprint density at radius 2 is 1.59 bits per heavy atom. The minimum atomic E-state index is -1.40. The maximum absolute atomic E-state index is 11.9. The van der Waals surface area contributed by atoms with Gasteiger partial charge < -0.3 is 23.7 Å². The van der Waals surface area contributed by atoms with Crippen LogP contribution >= 0.6 is 0 Å². The van der Waals surface area contributed by atoms with E-state index >= 15 is 0 Å². The Bertz CT molecular complexity index is 825. The summed E-state index contributed by atoms with van der Waals surface area (Å²) < 4.78 is 28.4. The third-order valence-electron chi connectivity index (χ3n) is 4.61. The molecule has 0 bridgehead atoms. The summed E-state index contributed by atoms with van der Waals surface area (Å²) in [6.45, 7) is 6.52. The Morgan fingerprint density at radius 1 is 0.969 bits per heavy atom. The number of rotatable bonds is 9. The minimum absolute atomic E-state index is 0.257. The largest absolute Gasteiger partial charge is 0.463 e. The van der Waals surface area contributed by atoms with Gasteiger partial charge in [0.2, 0.25) is 12.4 Å². The molecule has 1 fully saturated rings. The molecule has 0 spiro atoms. The Kier molecular flexibility index (Phi) is 9.12. The maximum Gasteiger partial charge on any atom is 0.305 e. The lowest BCUT2D eigenvalue weighted by Crippen LogP contribution is -2.59. The first-order chi connectivity index (χ1) is 15.1. The van der Waals surface area contributed by atoms with Crippen molar-refractivity contribution in [2.45, 2.75) is 84.5 Å². The second-order valence-corrected chi connectivity index (χ2v) is 7.39. The molecule has 32 heavy (non-hydrogen) atoms. The normalized spacial score (nSPS) is 25.0. The molecule has 1 aromatic heterocycles. The number of unbranched alkanes of at least 4 members (excludes halogenated alkanes) is 1. The summed E-state index contributed by atoms with van der Waals surface area (Å²) in [5.74, 6) is -2.64. The Morgan fingerprint density at radius 3 is 2.16 bits per heavy atom. The predicted molar refractivity (Wildman–Crippen MR) is 106 cm³/mol. The van der Waals surface area contributed by atoms with Crippen molar-refractivity contribution in [2.75, 3.05) is 6.61 Å². The maximum atomic E-state index is 11.9. The van der Waals surface area contributed by atoms with Crippen LogP contribution in [0.1, 0.15) is 59.2 Å². The van der Waals surface area contributed by atoms with Crippen LogP contribution in [0.3, 0.4) is 0 Å². The third-order valence-corrected chi connectivity index (χ3v) is 4.61. The zero-order valence-corrected chi connectivity index (χ0v) is 18.8. The van der Waals surface area contributed by atoms with E-state index in [-0.39, 0.29) is 6.61 Å². The van der Waals surface area contributed by atoms with Gasteiger partial charge in [-0.15, -0.1) is 5.10 Å². The molecule has 0 aliphatic carbocycles. The molecule has 12 heteroatoms. The number of nitrogens with zero attached hydrogens (tertiary/aromatic N) is 3. The Labute approximate surface area is 185 Å². The van der Waals surface area contributed by atoms with Crippen LogP contribution in [0.2, 0.25) is 0 Å². The highest BCUT2D eigenvalue weighted by atomic mass is 16.7. The SMILES string of the molecule is CCCCc1cn([C@H]2[C@H](OC(C)=O)[C@@H](OC(C)=O)C(OC(C)=O)O[C@@H]2COC(C)=O)nn1. The fourth-order valence-electron chi connectivity index (χ4n) is 3.38. The highest BCUT2D eigenvalue weighted by Crippen LogP contribution is 2.35. The van der Waals surface area contributed by atoms with Crippen molar-refractivity contribution in [2.24, 2.45) is 0 Å². The first-order valence-electron chi connectivity index (χ1n) is 10.3. The van der Waals surface area contributed by atoms with E-state index in [9.17, 15) is 19.2 Å². The molecule has 0 amide bonds. The molecule has 1 aromatic rings. The lowest BCUT2D eigenvalue weighted by molar-refractivity contribution is -0.285. The molecule has 12 nitrogen and oxygen atoms in total. The highest BCUT2D eigenvalue weighted by Gasteiger charge is 2.53. The topological polar surface area (TPSA) is 145 Å². The van der Waals surface area contributed by atoms with Crippen LogP contribution in [0.4, 0.5) is 0 Å². The summed E-state index contributed by atoms with van der Waals surface area (Å²) >= 11 is 0. The Balaban J connectivity index is 2.50. The van der Waals surface area contributed by atoms with E-state index in [4.69, 9.17) is 23.7 Å². The molecule has 178 valence electrons. The van der Waals surface area contributed by atoms with Gasteiger partial charge in [0.1, 0.15) is 18.8 Å². The fraction of sp³-hybridized carbons (Fsp3) is 0.700. The Hall–Kier alpha value is -3.02. The summed E-state index contributed by atoms with van der Waals surface area (Å²) in [5.41, 5.74) is 0.700. The number of hydrogen-bond donors (Lipinski definition) is 0. The number of aromatic nitrogens is 3. The molecule has 1 saturated heterocycles. The first kappa shape index (κ1) is 25.2. The van der Waals surface area contributed by atoms with Gasteiger partial charge in [0.05, 0.1) is 5.69 Å². The van der Waals surface area contributed by atoms with Gasteiger partial charge in [-0.2, -0.15) is 0 Å². The number of ether oxygens (including phenoxy) is 5. The molecule has 5 atom stereocenters. The summed E-state index contributed by atoms with van der Waals surface area (Å²) in [5, 5.41) is 8.28. The second kappa shape index (κ2) is 11.6. The lowest BCUT2D eigenvalue weighted by atomic mass is 9.95. The van der Waals surface area contributed by atoms with Crippen LogP contribution in [0.25, 0.3) is 0 Å². The third kappa shape index (κ3) is 7.01. The van der Waals surface area contributed by atoms with E-state index < -0.39 is 54.5 Å². The van der Waals surface area contributed by atoms with Gasteiger partial charge in [0.15, 0.2) is 6.10 Å². The van der Waals surface area contributed by atoms with Gasteiger partial charge in [0.25, 0.3) is 0 Å². The van der Waals surface area contributed by atoms with Crippen LogP contribution < -0.4 is 0 Å². The quantitative estimate of drug-likeness (QED) is 0.386. The smallest absolute Gasteiger partial charge is 0.305 e. The molecular formula is C20H29N3O9. The molecule has 1 aliphatic rings. The number of aryl methyl sites for hydroxylation is 1. The number of esters is 4. The number of carbonyl (C=O) groups excluding carboxylic acids is 4. The van der Waals surface area contributed by atoms with E-state index in [1.54, 1.807) is 6.20 Å². The molecule has 0 N–H and O–H groups in total. The molecule has 0 saturated carbocycles. The van der Waals surface area contributed by atoms with Crippen LogP contribution in [0, 0.1) is 0 Å². The lowest BCUT2D eigenvalue weighted by Gasteiger charge is -2.44. The van der Waals surface area contributed by atoms with Crippen LogP contribution in [0.5, 0.6) is 0 Å². The van der Waals surface area contributed by atoms with E-state index in [1.165, 1.54) is 18.5 Å². The van der Waals surface area contributed by atoms with Gasteiger partial charge in [-0.3, -0.25) is 19.2 Å². The molecular weight excluding hydrogens is 426 g/mol. The average molecular weight is 455 g/mol. The van der Waals surface area contributed by atoms with Crippen molar-refractivity contribution in [3.05, 3.63) is 11.9 Å². The monoisotopic (exact) mass is 455 g/mol. The predicted octanol–water partition coefficient (Wildman–Crippen LogP) is 0.876. The molecule has 0 aromatic carbocycles. The molecule has 0 radical (unpaired) electrons. The molecule has 1 unspecified atom stereocenters. The first-order valence-corrected chi connectivity index (χ1v) is 10.3. The summed E-state index contributed by atoms with van der Waals surface area (Å²) in [6.07, 6.45) is -0.616. The van der Waals surface area contributed by atoms with Gasteiger partial charge in [-0.1, -0.05) is 18.6 Å². The van der Waals surface area contributed by atoms with Crippen molar-refractivity contribution in [1.29, 1.82) is 0 Å².